The predicted molar refractivity (Wildman–Crippen MR) is 119 cm³/mol. The molecule has 1 aliphatic rings. The number of aromatic nitrogens is 3. The second-order valence-corrected chi connectivity index (χ2v) is 8.12. The van der Waals surface area contributed by atoms with Crippen LogP contribution >= 0.6 is 0 Å². The molecule has 0 spiro atoms. The molecule has 8 heteroatoms. The van der Waals surface area contributed by atoms with Gasteiger partial charge in [-0.3, -0.25) is 4.98 Å². The summed E-state index contributed by atoms with van der Waals surface area (Å²) in [5.74, 6) is -0.301. The van der Waals surface area contributed by atoms with Gasteiger partial charge in [-0.25, -0.2) is 13.8 Å². The molecule has 160 valence electrons. The van der Waals surface area contributed by atoms with Gasteiger partial charge in [-0.15, -0.1) is 0 Å². The fraction of sp³-hybridized carbons (Fsp3) is 0.208. The number of aryl methyl sites for hydroxylation is 1. The zero-order valence-corrected chi connectivity index (χ0v) is 17.4. The largest absolute Gasteiger partial charge is 0.369 e. The number of anilines is 1. The molecule has 1 fully saturated rings. The lowest BCUT2D eigenvalue weighted by molar-refractivity contribution is 0.627. The maximum absolute atomic E-state index is 14.3. The van der Waals surface area contributed by atoms with Crippen molar-refractivity contribution in [1.82, 2.24) is 15.0 Å². The first kappa shape index (κ1) is 20.1. The van der Waals surface area contributed by atoms with Gasteiger partial charge in [-0.2, -0.15) is 5.26 Å². The molecule has 0 bridgehead atoms. The van der Waals surface area contributed by atoms with Crippen molar-refractivity contribution in [2.75, 3.05) is 18.0 Å². The Bertz CT molecular complexity index is 1390. The van der Waals surface area contributed by atoms with Crippen LogP contribution in [0.4, 0.5) is 14.5 Å². The average Bonchev–Trinajstić information content (AvgIpc) is 3.39. The first-order chi connectivity index (χ1) is 15.4. The van der Waals surface area contributed by atoms with E-state index in [9.17, 15) is 14.0 Å². The van der Waals surface area contributed by atoms with E-state index in [-0.39, 0.29) is 17.4 Å². The number of hydrogen-bond donors (Lipinski definition) is 2. The molecule has 0 radical (unpaired) electrons. The van der Waals surface area contributed by atoms with Crippen molar-refractivity contribution in [3.63, 3.8) is 0 Å². The molecule has 5 rings (SSSR count). The van der Waals surface area contributed by atoms with Gasteiger partial charge in [0, 0.05) is 37.1 Å². The lowest BCUT2D eigenvalue weighted by atomic mass is 9.99. The standard InChI is InChI=1S/C24H20F2N6/c1-13-4-16(25)8-21-22(13)31-24(30-21)20-11-29-10-19(23(20)32-3-2-18(28)12-32)15-5-14(9-27)6-17(26)7-15/h4-8,10-11,18H,2-3,12,28H2,1H3,(H,30,31)/t18-/m0/s1. The second-order valence-electron chi connectivity index (χ2n) is 8.12. The summed E-state index contributed by atoms with van der Waals surface area (Å²) in [6.45, 7) is 3.15. The fourth-order valence-corrected chi connectivity index (χ4v) is 4.35. The van der Waals surface area contributed by atoms with E-state index in [1.165, 1.54) is 24.3 Å². The fourth-order valence-electron chi connectivity index (χ4n) is 4.35. The molecular formula is C24H20F2N6. The maximum Gasteiger partial charge on any atom is 0.142 e. The number of fused-ring (bicyclic) bond motifs is 1. The van der Waals surface area contributed by atoms with Crippen molar-refractivity contribution >= 4 is 16.7 Å². The number of H-pyrrole nitrogens is 1. The SMILES string of the molecule is Cc1cc(F)cc2[nH]c(-c3cncc(-c4cc(F)cc(C#N)c4)c3N3CC[C@H](N)C3)nc12. The van der Waals surface area contributed by atoms with E-state index in [1.54, 1.807) is 25.4 Å². The molecule has 0 saturated carbocycles. The van der Waals surface area contributed by atoms with Crippen LogP contribution in [0.2, 0.25) is 0 Å². The maximum atomic E-state index is 14.3. The first-order valence-electron chi connectivity index (χ1n) is 10.3. The molecular weight excluding hydrogens is 410 g/mol. The van der Waals surface area contributed by atoms with Gasteiger partial charge in [0.15, 0.2) is 0 Å². The Labute approximate surface area is 183 Å². The van der Waals surface area contributed by atoms with Gasteiger partial charge in [-0.1, -0.05) is 0 Å². The molecule has 32 heavy (non-hydrogen) atoms. The molecule has 0 aliphatic carbocycles. The van der Waals surface area contributed by atoms with E-state index < -0.39 is 5.82 Å². The number of halogens is 2. The number of imidazole rings is 1. The Morgan fingerprint density at radius 2 is 1.91 bits per heavy atom. The van der Waals surface area contributed by atoms with Gasteiger partial charge in [0.2, 0.25) is 0 Å². The van der Waals surface area contributed by atoms with Crippen LogP contribution in [-0.2, 0) is 0 Å². The Morgan fingerprint density at radius 1 is 1.12 bits per heavy atom. The zero-order chi connectivity index (χ0) is 22.4. The minimum Gasteiger partial charge on any atom is -0.369 e. The molecule has 2 aromatic heterocycles. The molecule has 6 nitrogen and oxygen atoms in total. The Hall–Kier alpha value is -3.83. The number of nitrogens with one attached hydrogen (secondary N) is 1. The molecule has 4 aromatic rings. The molecule has 1 aliphatic heterocycles. The monoisotopic (exact) mass is 430 g/mol. The number of nitrogens with zero attached hydrogens (tertiary/aromatic N) is 4. The van der Waals surface area contributed by atoms with E-state index in [0.717, 1.165) is 24.2 Å². The first-order valence-corrected chi connectivity index (χ1v) is 10.3. The third kappa shape index (κ3) is 3.47. The molecule has 0 amide bonds. The third-order valence-electron chi connectivity index (χ3n) is 5.79. The van der Waals surface area contributed by atoms with Crippen molar-refractivity contribution < 1.29 is 8.78 Å². The molecule has 2 aromatic carbocycles. The highest BCUT2D eigenvalue weighted by molar-refractivity contribution is 5.91. The van der Waals surface area contributed by atoms with Crippen LogP contribution in [0.15, 0.2) is 42.7 Å². The number of hydrogen-bond acceptors (Lipinski definition) is 5. The van der Waals surface area contributed by atoms with Crippen LogP contribution in [0.5, 0.6) is 0 Å². The summed E-state index contributed by atoms with van der Waals surface area (Å²) >= 11 is 0. The van der Waals surface area contributed by atoms with Gasteiger partial charge < -0.3 is 15.6 Å². The van der Waals surface area contributed by atoms with Gasteiger partial charge in [0.05, 0.1) is 33.9 Å². The highest BCUT2D eigenvalue weighted by Crippen LogP contribution is 2.40. The summed E-state index contributed by atoms with van der Waals surface area (Å²) in [7, 11) is 0. The van der Waals surface area contributed by atoms with Gasteiger partial charge >= 0.3 is 0 Å². The summed E-state index contributed by atoms with van der Waals surface area (Å²) in [5, 5.41) is 9.31. The number of rotatable bonds is 3. The van der Waals surface area contributed by atoms with Crippen LogP contribution in [0.1, 0.15) is 17.5 Å². The van der Waals surface area contributed by atoms with Crippen molar-refractivity contribution in [2.45, 2.75) is 19.4 Å². The van der Waals surface area contributed by atoms with E-state index in [2.05, 4.69) is 14.9 Å². The van der Waals surface area contributed by atoms with Crippen LogP contribution in [-0.4, -0.2) is 34.1 Å². The molecule has 0 unspecified atom stereocenters. The van der Waals surface area contributed by atoms with Crippen LogP contribution < -0.4 is 10.6 Å². The van der Waals surface area contributed by atoms with Gasteiger partial charge in [0.1, 0.15) is 17.5 Å². The smallest absolute Gasteiger partial charge is 0.142 e. The van der Waals surface area contributed by atoms with Crippen molar-refractivity contribution in [1.29, 1.82) is 5.26 Å². The number of nitrogens with two attached hydrogens (primary N) is 1. The third-order valence-corrected chi connectivity index (χ3v) is 5.79. The Kier molecular flexibility index (Phi) is 4.83. The number of aromatic amines is 1. The zero-order valence-electron chi connectivity index (χ0n) is 17.4. The summed E-state index contributed by atoms with van der Waals surface area (Å²) in [5.41, 5.74) is 11.1. The van der Waals surface area contributed by atoms with Gasteiger partial charge in [0.25, 0.3) is 0 Å². The van der Waals surface area contributed by atoms with Crippen molar-refractivity contribution in [2.24, 2.45) is 5.73 Å². The summed E-state index contributed by atoms with van der Waals surface area (Å²) in [6.07, 6.45) is 4.17. The quantitative estimate of drug-likeness (QED) is 0.506. The van der Waals surface area contributed by atoms with Crippen molar-refractivity contribution in [3.05, 3.63) is 65.5 Å². The van der Waals surface area contributed by atoms with Crippen molar-refractivity contribution in [3.8, 4) is 28.6 Å². The van der Waals surface area contributed by atoms with Crippen LogP contribution in [0.25, 0.3) is 33.5 Å². The molecule has 1 saturated heterocycles. The summed E-state index contributed by atoms with van der Waals surface area (Å²) in [6, 6.07) is 9.09. The minimum absolute atomic E-state index is 0.0121. The van der Waals surface area contributed by atoms with Crippen LogP contribution in [0.3, 0.4) is 0 Å². The average molecular weight is 430 g/mol. The predicted octanol–water partition coefficient (Wildman–Crippen LogP) is 4.29. The number of nitriles is 1. The van der Waals surface area contributed by atoms with Crippen LogP contribution in [0, 0.1) is 29.9 Å². The Morgan fingerprint density at radius 3 is 2.66 bits per heavy atom. The van der Waals surface area contributed by atoms with E-state index in [4.69, 9.17) is 10.7 Å². The van der Waals surface area contributed by atoms with Gasteiger partial charge in [-0.05, 0) is 54.8 Å². The normalized spacial score (nSPS) is 16.0. The lowest BCUT2D eigenvalue weighted by Crippen LogP contribution is -2.27. The lowest BCUT2D eigenvalue weighted by Gasteiger charge is -2.24. The van der Waals surface area contributed by atoms with E-state index in [0.29, 0.717) is 40.1 Å². The Balaban J connectivity index is 1.75. The summed E-state index contributed by atoms with van der Waals surface area (Å²) < 4.78 is 28.2. The molecule has 3 N–H and O–H groups in total. The molecule has 3 heterocycles. The highest BCUT2D eigenvalue weighted by Gasteiger charge is 2.27. The van der Waals surface area contributed by atoms with E-state index >= 15 is 0 Å². The molecule has 1 atom stereocenters. The topological polar surface area (TPSA) is 94.6 Å². The summed E-state index contributed by atoms with van der Waals surface area (Å²) in [4.78, 5) is 14.4. The van der Waals surface area contributed by atoms with E-state index in [1.807, 2.05) is 6.07 Å². The number of benzene rings is 2. The highest BCUT2D eigenvalue weighted by atomic mass is 19.1. The number of pyridine rings is 1. The minimum atomic E-state index is -0.497. The second kappa shape index (κ2) is 7.70.